The molecule has 0 aliphatic rings. The molecule has 0 amide bonds. The highest BCUT2D eigenvalue weighted by molar-refractivity contribution is 6.32. The summed E-state index contributed by atoms with van der Waals surface area (Å²) in [6.45, 7) is 0. The number of hydrogen-bond donors (Lipinski definition) is 0. The second-order valence-electron chi connectivity index (χ2n) is 14.4. The van der Waals surface area contributed by atoms with E-state index >= 15 is 0 Å². The first-order valence-corrected chi connectivity index (χ1v) is 17.9. The Hall–Kier alpha value is -6.70. The fraction of sp³-hybridized carbons (Fsp3) is 0. The second-order valence-corrected chi connectivity index (χ2v) is 14.4. The van der Waals surface area contributed by atoms with Crippen LogP contribution >= 0.6 is 0 Å². The summed E-state index contributed by atoms with van der Waals surface area (Å²) < 4.78 is 2.54. The molecule has 2 aromatic heterocycles. The van der Waals surface area contributed by atoms with Gasteiger partial charge in [0.2, 0.25) is 0 Å². The normalized spacial score (nSPS) is 12.7. The molecule has 11 aromatic carbocycles. The molecule has 1 heteroatoms. The zero-order valence-corrected chi connectivity index (χ0v) is 27.5. The summed E-state index contributed by atoms with van der Waals surface area (Å²) in [5.41, 5.74) is 8.98. The fourth-order valence-corrected chi connectivity index (χ4v) is 9.97. The van der Waals surface area contributed by atoms with E-state index in [1.54, 1.807) is 0 Å². The third-order valence-electron chi connectivity index (χ3n) is 12.0. The summed E-state index contributed by atoms with van der Waals surface area (Å²) in [6.07, 6.45) is 0. The number of rotatable bonds is 2. The molecule has 0 bridgehead atoms. The van der Waals surface area contributed by atoms with Crippen molar-refractivity contribution in [3.63, 3.8) is 0 Å². The Balaban J connectivity index is 1.13. The van der Waals surface area contributed by atoms with E-state index < -0.39 is 0 Å². The third-order valence-corrected chi connectivity index (χ3v) is 12.0. The molecule has 0 atom stereocenters. The predicted octanol–water partition coefficient (Wildman–Crippen LogP) is 14.0. The first kappa shape index (κ1) is 26.2. The zero-order valence-electron chi connectivity index (χ0n) is 27.5. The standard InChI is InChI=1S/C50H27N/c1-6-28-16-18-32-20-24-34(38-26-22-30(8-1)44(28)46(32)38)36-10-4-14-42-48(36)40-12-3-13-41-49-37(11-5-15-43(49)51(42)50(40)41)35-25-21-33-19-17-29-7-2-9-31-23-27-39(35)47(33)45(29)31/h1-27H. The lowest BCUT2D eigenvalue weighted by atomic mass is 9.88. The van der Waals surface area contributed by atoms with Crippen LogP contribution in [0.25, 0.3) is 125 Å². The van der Waals surface area contributed by atoms with Gasteiger partial charge >= 0.3 is 0 Å². The highest BCUT2D eigenvalue weighted by Crippen LogP contribution is 2.48. The molecule has 2 heterocycles. The van der Waals surface area contributed by atoms with Crippen LogP contribution in [-0.2, 0) is 0 Å². The van der Waals surface area contributed by atoms with E-state index in [4.69, 9.17) is 0 Å². The van der Waals surface area contributed by atoms with Crippen molar-refractivity contribution in [2.45, 2.75) is 0 Å². The molecule has 0 spiro atoms. The predicted molar refractivity (Wildman–Crippen MR) is 219 cm³/mol. The highest BCUT2D eigenvalue weighted by atomic mass is 14.9. The molecule has 0 aliphatic heterocycles. The van der Waals surface area contributed by atoms with Gasteiger partial charge in [-0.1, -0.05) is 152 Å². The molecule has 51 heavy (non-hydrogen) atoms. The summed E-state index contributed by atoms with van der Waals surface area (Å²) >= 11 is 0. The van der Waals surface area contributed by atoms with E-state index in [1.807, 2.05) is 0 Å². The average Bonchev–Trinajstić information content (AvgIpc) is 3.72. The van der Waals surface area contributed by atoms with Crippen molar-refractivity contribution in [1.82, 2.24) is 4.40 Å². The Morgan fingerprint density at radius 3 is 1.08 bits per heavy atom. The summed E-state index contributed by atoms with van der Waals surface area (Å²) in [5, 5.41) is 21.1. The Morgan fingerprint density at radius 1 is 0.235 bits per heavy atom. The van der Waals surface area contributed by atoms with E-state index in [0.29, 0.717) is 0 Å². The summed E-state index contributed by atoms with van der Waals surface area (Å²) in [5.74, 6) is 0. The molecule has 0 unspecified atom stereocenters. The number of fused-ring (bicyclic) bond motifs is 6. The first-order chi connectivity index (χ1) is 25.3. The van der Waals surface area contributed by atoms with Gasteiger partial charge in [0.15, 0.2) is 0 Å². The largest absolute Gasteiger partial charge is 0.308 e. The van der Waals surface area contributed by atoms with Gasteiger partial charge in [-0.05, 0) is 99.0 Å². The van der Waals surface area contributed by atoms with Gasteiger partial charge < -0.3 is 4.40 Å². The molecule has 1 nitrogen and oxygen atoms in total. The van der Waals surface area contributed by atoms with Crippen molar-refractivity contribution in [2.75, 3.05) is 0 Å². The van der Waals surface area contributed by atoms with Crippen LogP contribution in [0.15, 0.2) is 164 Å². The fourth-order valence-electron chi connectivity index (χ4n) is 9.97. The molecule has 13 rings (SSSR count). The van der Waals surface area contributed by atoms with Crippen LogP contribution in [0.5, 0.6) is 0 Å². The summed E-state index contributed by atoms with van der Waals surface area (Å²) in [4.78, 5) is 0. The van der Waals surface area contributed by atoms with E-state index in [1.165, 1.54) is 125 Å². The van der Waals surface area contributed by atoms with Crippen LogP contribution in [0.2, 0.25) is 0 Å². The minimum absolute atomic E-state index is 1.26. The van der Waals surface area contributed by atoms with Gasteiger partial charge in [0.05, 0.1) is 16.6 Å². The van der Waals surface area contributed by atoms with Gasteiger partial charge in [-0.2, -0.15) is 0 Å². The molecule has 0 saturated carbocycles. The van der Waals surface area contributed by atoms with E-state index in [-0.39, 0.29) is 0 Å². The molecule has 13 aromatic rings. The maximum Gasteiger partial charge on any atom is 0.0620 e. The van der Waals surface area contributed by atoms with Gasteiger partial charge in [-0.15, -0.1) is 0 Å². The molecule has 0 fully saturated rings. The minimum atomic E-state index is 1.26. The second kappa shape index (κ2) is 9.09. The molecule has 0 N–H and O–H groups in total. The van der Waals surface area contributed by atoms with Crippen LogP contribution < -0.4 is 0 Å². The van der Waals surface area contributed by atoms with Crippen LogP contribution in [0, 0.1) is 0 Å². The Morgan fingerprint density at radius 2 is 0.608 bits per heavy atom. The zero-order chi connectivity index (χ0) is 32.9. The monoisotopic (exact) mass is 641 g/mol. The minimum Gasteiger partial charge on any atom is -0.308 e. The van der Waals surface area contributed by atoms with Crippen LogP contribution in [-0.4, -0.2) is 4.40 Å². The third kappa shape index (κ3) is 3.14. The number of nitrogens with zero attached hydrogens (tertiary/aromatic N) is 1. The van der Waals surface area contributed by atoms with E-state index in [2.05, 4.69) is 168 Å². The Kier molecular flexibility index (Phi) is 4.67. The lowest BCUT2D eigenvalue weighted by molar-refractivity contribution is 1.37. The molecular formula is C50H27N. The maximum atomic E-state index is 2.54. The number of para-hydroxylation sites is 1. The molecule has 0 radical (unpaired) electrons. The lowest BCUT2D eigenvalue weighted by Gasteiger charge is -2.15. The van der Waals surface area contributed by atoms with Crippen molar-refractivity contribution < 1.29 is 0 Å². The van der Waals surface area contributed by atoms with Gasteiger partial charge in [-0.25, -0.2) is 0 Å². The average molecular weight is 642 g/mol. The van der Waals surface area contributed by atoms with Crippen LogP contribution in [0.4, 0.5) is 0 Å². The lowest BCUT2D eigenvalue weighted by Crippen LogP contribution is -1.89. The van der Waals surface area contributed by atoms with Crippen molar-refractivity contribution in [1.29, 1.82) is 0 Å². The SMILES string of the molecule is c1cc2ccc3ccc(-c4cccc5c4c4cccc6c7c(-c8ccc9ccc%10cccc%11ccc8c9c%10%11)cccc7n5c46)c4ccc(c1)c2c34. The quantitative estimate of drug-likeness (QED) is 0.165. The Labute approximate surface area is 292 Å². The van der Waals surface area contributed by atoms with Crippen LogP contribution in [0.3, 0.4) is 0 Å². The summed E-state index contributed by atoms with van der Waals surface area (Å²) in [6, 6.07) is 61.7. The molecule has 232 valence electrons. The molecular weight excluding hydrogens is 615 g/mol. The highest BCUT2D eigenvalue weighted by Gasteiger charge is 2.23. The van der Waals surface area contributed by atoms with Crippen molar-refractivity contribution in [2.24, 2.45) is 0 Å². The van der Waals surface area contributed by atoms with Crippen molar-refractivity contribution in [3.8, 4) is 22.3 Å². The van der Waals surface area contributed by atoms with Crippen molar-refractivity contribution >= 4 is 103 Å². The van der Waals surface area contributed by atoms with Gasteiger partial charge in [0.25, 0.3) is 0 Å². The van der Waals surface area contributed by atoms with Crippen LogP contribution in [0.1, 0.15) is 0 Å². The molecule has 0 saturated heterocycles. The van der Waals surface area contributed by atoms with Gasteiger partial charge in [0, 0.05) is 21.5 Å². The topological polar surface area (TPSA) is 4.41 Å². The number of hydrogen-bond acceptors (Lipinski definition) is 0. The van der Waals surface area contributed by atoms with E-state index in [0.717, 1.165) is 0 Å². The molecule has 0 aliphatic carbocycles. The van der Waals surface area contributed by atoms with Crippen molar-refractivity contribution in [3.05, 3.63) is 164 Å². The number of benzene rings is 11. The maximum absolute atomic E-state index is 2.54. The summed E-state index contributed by atoms with van der Waals surface area (Å²) in [7, 11) is 0. The van der Waals surface area contributed by atoms with Gasteiger partial charge in [0.1, 0.15) is 0 Å². The Bertz CT molecular complexity index is 3320. The first-order valence-electron chi connectivity index (χ1n) is 17.9. The van der Waals surface area contributed by atoms with Gasteiger partial charge in [-0.3, -0.25) is 0 Å². The van der Waals surface area contributed by atoms with E-state index in [9.17, 15) is 0 Å². The number of aromatic nitrogens is 1. The smallest absolute Gasteiger partial charge is 0.0620 e.